The van der Waals surface area contributed by atoms with Crippen molar-refractivity contribution in [3.63, 3.8) is 0 Å². The summed E-state index contributed by atoms with van der Waals surface area (Å²) in [4.78, 5) is 14.6. The smallest absolute Gasteiger partial charge is 0.258 e. The summed E-state index contributed by atoms with van der Waals surface area (Å²) in [6.45, 7) is 4.94. The Morgan fingerprint density at radius 2 is 1.73 bits per heavy atom. The molecular formula is C21H22ClN3O. The average Bonchev–Trinajstić information content (AvgIpc) is 2.90. The number of aromatic nitrogens is 2. The molecule has 4 nitrogen and oxygen atoms in total. The first kappa shape index (κ1) is 18.2. The average molecular weight is 368 g/mol. The second kappa shape index (κ2) is 7.75. The first-order valence-electron chi connectivity index (χ1n) is 8.54. The molecule has 0 unspecified atom stereocenters. The molecule has 0 fully saturated rings. The predicted octanol–water partition coefficient (Wildman–Crippen LogP) is 4.47. The van der Waals surface area contributed by atoms with Crippen LogP contribution in [-0.2, 0) is 13.1 Å². The van der Waals surface area contributed by atoms with Crippen LogP contribution in [0.3, 0.4) is 0 Å². The van der Waals surface area contributed by atoms with E-state index in [4.69, 9.17) is 11.6 Å². The van der Waals surface area contributed by atoms with Crippen molar-refractivity contribution in [1.82, 2.24) is 14.7 Å². The van der Waals surface area contributed by atoms with Crippen LogP contribution < -0.4 is 0 Å². The van der Waals surface area contributed by atoms with Gasteiger partial charge < -0.3 is 4.90 Å². The Morgan fingerprint density at radius 3 is 2.42 bits per heavy atom. The van der Waals surface area contributed by atoms with Gasteiger partial charge in [0.05, 0.1) is 17.8 Å². The number of benzene rings is 2. The zero-order valence-electron chi connectivity index (χ0n) is 15.2. The standard InChI is InChI=1S/C21H22ClN3O/c1-15-9-7-8-12-18(15)14-24(3)21(26)19-16(2)23-25(20(19)22)13-17-10-5-4-6-11-17/h4-12H,13-14H2,1-3H3. The molecule has 0 bridgehead atoms. The summed E-state index contributed by atoms with van der Waals surface area (Å²) in [6.07, 6.45) is 0. The molecule has 0 saturated carbocycles. The van der Waals surface area contributed by atoms with Gasteiger partial charge in [-0.2, -0.15) is 5.10 Å². The van der Waals surface area contributed by atoms with Crippen molar-refractivity contribution in [3.8, 4) is 0 Å². The summed E-state index contributed by atoms with van der Waals surface area (Å²) in [5, 5.41) is 4.85. The molecular weight excluding hydrogens is 346 g/mol. The zero-order chi connectivity index (χ0) is 18.7. The number of hydrogen-bond acceptors (Lipinski definition) is 2. The second-order valence-electron chi connectivity index (χ2n) is 6.48. The van der Waals surface area contributed by atoms with Crippen LogP contribution in [0, 0.1) is 13.8 Å². The summed E-state index contributed by atoms with van der Waals surface area (Å²) in [5.41, 5.74) is 4.49. The summed E-state index contributed by atoms with van der Waals surface area (Å²) in [7, 11) is 1.79. The minimum absolute atomic E-state index is 0.116. The van der Waals surface area contributed by atoms with Crippen molar-refractivity contribution in [3.05, 3.63) is 87.7 Å². The number of rotatable bonds is 5. The molecule has 3 aromatic rings. The van der Waals surface area contributed by atoms with Crippen LogP contribution in [0.1, 0.15) is 32.7 Å². The monoisotopic (exact) mass is 367 g/mol. The second-order valence-corrected chi connectivity index (χ2v) is 6.84. The molecule has 1 heterocycles. The van der Waals surface area contributed by atoms with E-state index in [1.165, 1.54) is 0 Å². The third-order valence-corrected chi connectivity index (χ3v) is 4.85. The molecule has 0 aliphatic heterocycles. The molecule has 0 atom stereocenters. The third-order valence-electron chi connectivity index (χ3n) is 4.47. The maximum Gasteiger partial charge on any atom is 0.258 e. The van der Waals surface area contributed by atoms with Gasteiger partial charge in [0.1, 0.15) is 5.15 Å². The Hall–Kier alpha value is -2.59. The lowest BCUT2D eigenvalue weighted by atomic mass is 10.1. The molecule has 2 aromatic carbocycles. The van der Waals surface area contributed by atoms with Crippen LogP contribution in [0.25, 0.3) is 0 Å². The van der Waals surface area contributed by atoms with E-state index < -0.39 is 0 Å². The van der Waals surface area contributed by atoms with E-state index in [-0.39, 0.29) is 5.91 Å². The molecule has 0 N–H and O–H groups in total. The van der Waals surface area contributed by atoms with E-state index in [9.17, 15) is 4.79 Å². The highest BCUT2D eigenvalue weighted by Gasteiger charge is 2.23. The molecule has 134 valence electrons. The Morgan fingerprint density at radius 1 is 1.08 bits per heavy atom. The molecule has 1 amide bonds. The molecule has 1 aromatic heterocycles. The van der Waals surface area contributed by atoms with Gasteiger partial charge in [-0.25, -0.2) is 4.68 Å². The molecule has 0 aliphatic carbocycles. The number of hydrogen-bond donors (Lipinski definition) is 0. The number of amides is 1. The van der Waals surface area contributed by atoms with Crippen molar-refractivity contribution < 1.29 is 4.79 Å². The predicted molar refractivity (Wildman–Crippen MR) is 104 cm³/mol. The van der Waals surface area contributed by atoms with E-state index in [0.717, 1.165) is 16.7 Å². The minimum Gasteiger partial charge on any atom is -0.337 e. The van der Waals surface area contributed by atoms with Crippen LogP contribution in [0.4, 0.5) is 0 Å². The fraction of sp³-hybridized carbons (Fsp3) is 0.238. The van der Waals surface area contributed by atoms with Crippen molar-refractivity contribution in [1.29, 1.82) is 0 Å². The molecule has 5 heteroatoms. The normalized spacial score (nSPS) is 10.8. The highest BCUT2D eigenvalue weighted by Crippen LogP contribution is 2.23. The quantitative estimate of drug-likeness (QED) is 0.667. The largest absolute Gasteiger partial charge is 0.337 e. The van der Waals surface area contributed by atoms with Crippen LogP contribution in [0.5, 0.6) is 0 Å². The summed E-state index contributed by atoms with van der Waals surface area (Å²) in [6, 6.07) is 18.0. The lowest BCUT2D eigenvalue weighted by Crippen LogP contribution is -2.27. The van der Waals surface area contributed by atoms with Gasteiger partial charge in [0, 0.05) is 13.6 Å². The summed E-state index contributed by atoms with van der Waals surface area (Å²) < 4.78 is 1.68. The molecule has 3 rings (SSSR count). The number of nitrogens with zero attached hydrogens (tertiary/aromatic N) is 3. The Labute approximate surface area is 159 Å². The van der Waals surface area contributed by atoms with Crippen LogP contribution in [0.2, 0.25) is 5.15 Å². The Bertz CT molecular complexity index is 918. The van der Waals surface area contributed by atoms with Crippen LogP contribution in [0.15, 0.2) is 54.6 Å². The summed E-state index contributed by atoms with van der Waals surface area (Å²) in [5.74, 6) is -0.116. The maximum absolute atomic E-state index is 13.0. The third kappa shape index (κ3) is 3.81. The van der Waals surface area contributed by atoms with Crippen molar-refractivity contribution >= 4 is 17.5 Å². The molecule has 26 heavy (non-hydrogen) atoms. The summed E-state index contributed by atoms with van der Waals surface area (Å²) >= 11 is 6.51. The van der Waals surface area contributed by atoms with E-state index in [0.29, 0.717) is 29.5 Å². The lowest BCUT2D eigenvalue weighted by Gasteiger charge is -2.18. The van der Waals surface area contributed by atoms with E-state index in [2.05, 4.69) is 5.10 Å². The van der Waals surface area contributed by atoms with E-state index >= 15 is 0 Å². The highest BCUT2D eigenvalue weighted by atomic mass is 35.5. The van der Waals surface area contributed by atoms with Gasteiger partial charge in [-0.3, -0.25) is 4.79 Å². The van der Waals surface area contributed by atoms with Gasteiger partial charge in [-0.1, -0.05) is 66.2 Å². The number of halogens is 1. The van der Waals surface area contributed by atoms with Gasteiger partial charge in [-0.05, 0) is 30.5 Å². The zero-order valence-corrected chi connectivity index (χ0v) is 16.0. The van der Waals surface area contributed by atoms with Gasteiger partial charge in [0.25, 0.3) is 5.91 Å². The van der Waals surface area contributed by atoms with Gasteiger partial charge in [0.2, 0.25) is 0 Å². The lowest BCUT2D eigenvalue weighted by molar-refractivity contribution is 0.0784. The van der Waals surface area contributed by atoms with Crippen LogP contribution >= 0.6 is 11.6 Å². The number of aryl methyl sites for hydroxylation is 2. The topological polar surface area (TPSA) is 38.1 Å². The molecule has 0 saturated heterocycles. The minimum atomic E-state index is -0.116. The fourth-order valence-electron chi connectivity index (χ4n) is 2.96. The maximum atomic E-state index is 13.0. The Kier molecular flexibility index (Phi) is 5.43. The van der Waals surface area contributed by atoms with Crippen molar-refractivity contribution in [2.45, 2.75) is 26.9 Å². The van der Waals surface area contributed by atoms with Gasteiger partial charge >= 0.3 is 0 Å². The van der Waals surface area contributed by atoms with E-state index in [1.807, 2.05) is 68.4 Å². The number of carbonyl (C=O) groups is 1. The molecule has 0 aliphatic rings. The van der Waals surface area contributed by atoms with Crippen molar-refractivity contribution in [2.24, 2.45) is 0 Å². The molecule has 0 radical (unpaired) electrons. The van der Waals surface area contributed by atoms with Gasteiger partial charge in [0.15, 0.2) is 0 Å². The molecule has 0 spiro atoms. The first-order valence-corrected chi connectivity index (χ1v) is 8.92. The van der Waals surface area contributed by atoms with Crippen molar-refractivity contribution in [2.75, 3.05) is 7.05 Å². The van der Waals surface area contributed by atoms with Gasteiger partial charge in [-0.15, -0.1) is 0 Å². The fourth-order valence-corrected chi connectivity index (χ4v) is 3.28. The Balaban J connectivity index is 1.82. The highest BCUT2D eigenvalue weighted by molar-refractivity contribution is 6.33. The first-order chi connectivity index (χ1) is 12.5. The van der Waals surface area contributed by atoms with E-state index in [1.54, 1.807) is 16.6 Å². The number of carbonyl (C=O) groups excluding carboxylic acids is 1. The van der Waals surface area contributed by atoms with Crippen LogP contribution in [-0.4, -0.2) is 27.6 Å². The SMILES string of the molecule is Cc1ccccc1CN(C)C(=O)c1c(C)nn(Cc2ccccc2)c1Cl.